The molecule has 0 saturated carbocycles. The van der Waals surface area contributed by atoms with Gasteiger partial charge in [0, 0.05) is 25.7 Å². The van der Waals surface area contributed by atoms with E-state index in [4.69, 9.17) is 0 Å². The SMILES string of the molecule is CC(=O)NCC=Cc1cc[nH]c(=O)c1. The first kappa shape index (κ1) is 10.2. The first-order valence-electron chi connectivity index (χ1n) is 4.28. The zero-order chi connectivity index (χ0) is 10.4. The number of pyridine rings is 1. The molecule has 4 heteroatoms. The molecule has 0 aliphatic heterocycles. The summed E-state index contributed by atoms with van der Waals surface area (Å²) in [4.78, 5) is 23.9. The Morgan fingerprint density at radius 1 is 1.64 bits per heavy atom. The number of nitrogens with one attached hydrogen (secondary N) is 2. The molecule has 0 aliphatic rings. The third kappa shape index (κ3) is 3.71. The molecule has 1 rings (SSSR count). The molecule has 2 N–H and O–H groups in total. The number of aromatic nitrogens is 1. The summed E-state index contributed by atoms with van der Waals surface area (Å²) in [7, 11) is 0. The molecule has 14 heavy (non-hydrogen) atoms. The number of aromatic amines is 1. The highest BCUT2D eigenvalue weighted by atomic mass is 16.1. The van der Waals surface area contributed by atoms with Crippen LogP contribution >= 0.6 is 0 Å². The van der Waals surface area contributed by atoms with E-state index in [1.807, 2.05) is 0 Å². The first-order chi connectivity index (χ1) is 6.68. The topological polar surface area (TPSA) is 62.0 Å². The Bertz CT molecular complexity index is 393. The van der Waals surface area contributed by atoms with Gasteiger partial charge >= 0.3 is 0 Å². The maximum atomic E-state index is 10.9. The standard InChI is InChI=1S/C10H12N2O2/c1-8(13)11-5-2-3-9-4-6-12-10(14)7-9/h2-4,6-7H,5H2,1H3,(H,11,13)(H,12,14). The van der Waals surface area contributed by atoms with Crippen molar-refractivity contribution in [1.29, 1.82) is 0 Å². The highest BCUT2D eigenvalue weighted by Crippen LogP contribution is 1.95. The van der Waals surface area contributed by atoms with E-state index in [9.17, 15) is 9.59 Å². The van der Waals surface area contributed by atoms with Crippen LogP contribution in [-0.2, 0) is 4.79 Å². The Morgan fingerprint density at radius 2 is 2.43 bits per heavy atom. The predicted molar refractivity (Wildman–Crippen MR) is 54.8 cm³/mol. The number of hydrogen-bond acceptors (Lipinski definition) is 2. The third-order valence-electron chi connectivity index (χ3n) is 1.58. The van der Waals surface area contributed by atoms with E-state index in [1.165, 1.54) is 13.0 Å². The van der Waals surface area contributed by atoms with Crippen molar-refractivity contribution in [3.63, 3.8) is 0 Å². The summed E-state index contributed by atoms with van der Waals surface area (Å²) in [5, 5.41) is 2.62. The first-order valence-corrected chi connectivity index (χ1v) is 4.28. The van der Waals surface area contributed by atoms with Crippen LogP contribution in [0.3, 0.4) is 0 Å². The van der Waals surface area contributed by atoms with E-state index < -0.39 is 0 Å². The Morgan fingerprint density at radius 3 is 3.07 bits per heavy atom. The molecule has 0 saturated heterocycles. The van der Waals surface area contributed by atoms with E-state index in [2.05, 4.69) is 10.3 Å². The summed E-state index contributed by atoms with van der Waals surface area (Å²) >= 11 is 0. The average Bonchev–Trinajstić information content (AvgIpc) is 2.12. The highest BCUT2D eigenvalue weighted by Gasteiger charge is 1.87. The maximum Gasteiger partial charge on any atom is 0.248 e. The lowest BCUT2D eigenvalue weighted by molar-refractivity contribution is -0.118. The average molecular weight is 192 g/mol. The molecule has 1 heterocycles. The van der Waals surface area contributed by atoms with Crippen LogP contribution in [-0.4, -0.2) is 17.4 Å². The molecular formula is C10H12N2O2. The second-order valence-electron chi connectivity index (χ2n) is 2.83. The monoisotopic (exact) mass is 192 g/mol. The Hall–Kier alpha value is -1.84. The lowest BCUT2D eigenvalue weighted by Crippen LogP contribution is -2.19. The van der Waals surface area contributed by atoms with Crippen LogP contribution in [0.25, 0.3) is 6.08 Å². The minimum Gasteiger partial charge on any atom is -0.353 e. The molecule has 0 bridgehead atoms. The van der Waals surface area contributed by atoms with Crippen LogP contribution in [0.15, 0.2) is 29.2 Å². The normalized spacial score (nSPS) is 10.4. The maximum absolute atomic E-state index is 10.9. The zero-order valence-electron chi connectivity index (χ0n) is 7.91. The van der Waals surface area contributed by atoms with Crippen molar-refractivity contribution in [3.8, 4) is 0 Å². The number of rotatable bonds is 3. The molecule has 4 nitrogen and oxygen atoms in total. The van der Waals surface area contributed by atoms with Gasteiger partial charge in [0.1, 0.15) is 0 Å². The van der Waals surface area contributed by atoms with Crippen molar-refractivity contribution in [2.24, 2.45) is 0 Å². The van der Waals surface area contributed by atoms with Crippen LogP contribution in [0.4, 0.5) is 0 Å². The summed E-state index contributed by atoms with van der Waals surface area (Å²) in [6.07, 6.45) is 5.15. The Labute approximate surface area is 81.7 Å². The van der Waals surface area contributed by atoms with Gasteiger partial charge in [-0.3, -0.25) is 9.59 Å². The van der Waals surface area contributed by atoms with Gasteiger partial charge in [-0.1, -0.05) is 12.2 Å². The number of hydrogen-bond donors (Lipinski definition) is 2. The van der Waals surface area contributed by atoms with E-state index in [0.29, 0.717) is 6.54 Å². The molecule has 1 aromatic heterocycles. The summed E-state index contributed by atoms with van der Waals surface area (Å²) in [5.74, 6) is -0.0689. The summed E-state index contributed by atoms with van der Waals surface area (Å²) in [6.45, 7) is 1.93. The van der Waals surface area contributed by atoms with Crippen LogP contribution in [0, 0.1) is 0 Å². The van der Waals surface area contributed by atoms with Crippen molar-refractivity contribution >= 4 is 12.0 Å². The van der Waals surface area contributed by atoms with Crippen molar-refractivity contribution in [2.45, 2.75) is 6.92 Å². The fourth-order valence-electron chi connectivity index (χ4n) is 0.963. The van der Waals surface area contributed by atoms with Crippen molar-refractivity contribution in [2.75, 3.05) is 6.54 Å². The van der Waals surface area contributed by atoms with Gasteiger partial charge in [0.2, 0.25) is 11.5 Å². The van der Waals surface area contributed by atoms with Crippen LogP contribution < -0.4 is 10.9 Å². The van der Waals surface area contributed by atoms with Gasteiger partial charge in [0.05, 0.1) is 0 Å². The fourth-order valence-corrected chi connectivity index (χ4v) is 0.963. The smallest absolute Gasteiger partial charge is 0.248 e. The van der Waals surface area contributed by atoms with Crippen LogP contribution in [0.2, 0.25) is 0 Å². The minimum absolute atomic E-state index is 0.0689. The number of H-pyrrole nitrogens is 1. The highest BCUT2D eigenvalue weighted by molar-refractivity contribution is 5.73. The fraction of sp³-hybridized carbons (Fsp3) is 0.200. The minimum atomic E-state index is -0.133. The summed E-state index contributed by atoms with van der Waals surface area (Å²) in [5.41, 5.74) is 0.686. The van der Waals surface area contributed by atoms with Gasteiger partial charge in [-0.05, 0) is 11.6 Å². The van der Waals surface area contributed by atoms with Gasteiger partial charge in [0.25, 0.3) is 0 Å². The lowest BCUT2D eigenvalue weighted by Gasteiger charge is -1.94. The molecule has 1 amide bonds. The van der Waals surface area contributed by atoms with E-state index >= 15 is 0 Å². The van der Waals surface area contributed by atoms with Gasteiger partial charge < -0.3 is 10.3 Å². The Kier molecular flexibility index (Phi) is 3.67. The molecule has 0 radical (unpaired) electrons. The zero-order valence-corrected chi connectivity index (χ0v) is 7.91. The van der Waals surface area contributed by atoms with Crippen LogP contribution in [0.1, 0.15) is 12.5 Å². The molecule has 0 atom stereocenters. The molecule has 0 fully saturated rings. The molecule has 0 spiro atoms. The molecule has 0 aromatic carbocycles. The lowest BCUT2D eigenvalue weighted by atomic mass is 10.2. The van der Waals surface area contributed by atoms with Gasteiger partial charge in [-0.25, -0.2) is 0 Å². The van der Waals surface area contributed by atoms with E-state index in [0.717, 1.165) is 5.56 Å². The number of carbonyl (C=O) groups excluding carboxylic acids is 1. The summed E-state index contributed by atoms with van der Waals surface area (Å²) in [6, 6.07) is 3.27. The summed E-state index contributed by atoms with van der Waals surface area (Å²) < 4.78 is 0. The molecule has 0 aliphatic carbocycles. The van der Waals surface area contributed by atoms with Gasteiger partial charge in [0.15, 0.2) is 0 Å². The van der Waals surface area contributed by atoms with E-state index in [-0.39, 0.29) is 11.5 Å². The quantitative estimate of drug-likeness (QED) is 0.733. The molecule has 0 unspecified atom stereocenters. The van der Waals surface area contributed by atoms with Gasteiger partial charge in [-0.15, -0.1) is 0 Å². The number of amides is 1. The molecular weight excluding hydrogens is 180 g/mol. The third-order valence-corrected chi connectivity index (χ3v) is 1.58. The second kappa shape index (κ2) is 5.01. The molecule has 74 valence electrons. The predicted octanol–water partition coefficient (Wildman–Crippen LogP) is 0.524. The van der Waals surface area contributed by atoms with Crippen molar-refractivity contribution in [3.05, 3.63) is 40.3 Å². The largest absolute Gasteiger partial charge is 0.353 e. The van der Waals surface area contributed by atoms with Gasteiger partial charge in [-0.2, -0.15) is 0 Å². The number of carbonyl (C=O) groups is 1. The Balaban J connectivity index is 2.52. The second-order valence-corrected chi connectivity index (χ2v) is 2.83. The van der Waals surface area contributed by atoms with Crippen molar-refractivity contribution in [1.82, 2.24) is 10.3 Å². The van der Waals surface area contributed by atoms with Crippen molar-refractivity contribution < 1.29 is 4.79 Å². The molecule has 1 aromatic rings. The van der Waals surface area contributed by atoms with E-state index in [1.54, 1.807) is 24.4 Å². The van der Waals surface area contributed by atoms with Crippen LogP contribution in [0.5, 0.6) is 0 Å².